The van der Waals surface area contributed by atoms with Gasteiger partial charge in [0.1, 0.15) is 0 Å². The smallest absolute Gasteiger partial charge is 0.0655 e. The first-order valence-corrected chi connectivity index (χ1v) is 9.32. The molecular weight excluding hydrogens is 324 g/mol. The van der Waals surface area contributed by atoms with E-state index < -0.39 is 0 Å². The van der Waals surface area contributed by atoms with Gasteiger partial charge in [0.2, 0.25) is 0 Å². The molecule has 1 nitrogen and oxygen atoms in total. The molecule has 3 aliphatic rings. The van der Waals surface area contributed by atoms with E-state index in [-0.39, 0.29) is 5.60 Å². The van der Waals surface area contributed by atoms with Crippen molar-refractivity contribution in [3.05, 3.63) is 34.3 Å². The van der Waals surface area contributed by atoms with Crippen molar-refractivity contribution in [2.75, 3.05) is 0 Å². The molecule has 3 bridgehead atoms. The molecule has 3 saturated carbocycles. The molecule has 4 atom stereocenters. The van der Waals surface area contributed by atoms with Gasteiger partial charge >= 0.3 is 0 Å². The van der Waals surface area contributed by atoms with Crippen molar-refractivity contribution in [2.45, 2.75) is 63.4 Å². The Kier molecular flexibility index (Phi) is 3.46. The van der Waals surface area contributed by atoms with Crippen molar-refractivity contribution in [3.63, 3.8) is 0 Å². The van der Waals surface area contributed by atoms with Crippen LogP contribution in [0.3, 0.4) is 0 Å². The molecule has 1 aromatic rings. The lowest BCUT2D eigenvalue weighted by Crippen LogP contribution is -2.41. The number of hydrogen-bond donors (Lipinski definition) is 1. The molecule has 0 aromatic heterocycles. The number of aryl methyl sites for hydroxylation is 1. The van der Waals surface area contributed by atoms with Gasteiger partial charge in [-0.3, -0.25) is 0 Å². The van der Waals surface area contributed by atoms with Gasteiger partial charge in [0.15, 0.2) is 0 Å². The van der Waals surface area contributed by atoms with Gasteiger partial charge < -0.3 is 5.11 Å². The molecule has 0 spiro atoms. The third-order valence-corrected chi connectivity index (χ3v) is 6.95. The summed E-state index contributed by atoms with van der Waals surface area (Å²) >= 11 is 3.57. The van der Waals surface area contributed by atoms with Crippen LogP contribution in [0.15, 0.2) is 28.7 Å². The van der Waals surface area contributed by atoms with E-state index in [4.69, 9.17) is 0 Å². The second-order valence-corrected chi connectivity index (χ2v) is 8.97. The first-order chi connectivity index (χ1) is 10.1. The van der Waals surface area contributed by atoms with Crippen molar-refractivity contribution >= 4 is 15.9 Å². The number of rotatable bonds is 3. The van der Waals surface area contributed by atoms with Crippen molar-refractivity contribution in [2.24, 2.45) is 17.3 Å². The number of aliphatic hydroxyl groups is 1. The van der Waals surface area contributed by atoms with Crippen LogP contribution in [0.25, 0.3) is 0 Å². The average Bonchev–Trinajstić information content (AvgIpc) is 2.62. The summed E-state index contributed by atoms with van der Waals surface area (Å²) in [4.78, 5) is 0. The Morgan fingerprint density at radius 1 is 1.19 bits per heavy atom. The van der Waals surface area contributed by atoms with E-state index in [9.17, 15) is 5.11 Å². The van der Waals surface area contributed by atoms with Gasteiger partial charge in [-0.25, -0.2) is 0 Å². The second-order valence-electron chi connectivity index (χ2n) is 8.06. The van der Waals surface area contributed by atoms with Crippen LogP contribution in [-0.2, 0) is 6.42 Å². The van der Waals surface area contributed by atoms with E-state index in [0.717, 1.165) is 37.5 Å². The normalized spacial score (nSPS) is 41.2. The zero-order valence-corrected chi connectivity index (χ0v) is 14.2. The number of fused-ring (bicyclic) bond motifs is 2. The highest BCUT2D eigenvalue weighted by molar-refractivity contribution is 9.10. The van der Waals surface area contributed by atoms with Crippen LogP contribution in [0.1, 0.15) is 56.9 Å². The van der Waals surface area contributed by atoms with Crippen LogP contribution in [-0.4, -0.2) is 10.7 Å². The Hall–Kier alpha value is -0.340. The van der Waals surface area contributed by atoms with E-state index in [1.54, 1.807) is 0 Å². The maximum absolute atomic E-state index is 11.0. The largest absolute Gasteiger partial charge is 0.390 e. The molecule has 114 valence electrons. The van der Waals surface area contributed by atoms with E-state index >= 15 is 0 Å². The van der Waals surface area contributed by atoms with Gasteiger partial charge in [0.25, 0.3) is 0 Å². The Morgan fingerprint density at radius 2 is 2.05 bits per heavy atom. The molecule has 1 N–H and O–H groups in total. The zero-order valence-electron chi connectivity index (χ0n) is 12.7. The first kappa shape index (κ1) is 14.3. The summed E-state index contributed by atoms with van der Waals surface area (Å²) in [6.45, 7) is 0. The van der Waals surface area contributed by atoms with Crippen molar-refractivity contribution in [1.29, 1.82) is 0 Å². The summed E-state index contributed by atoms with van der Waals surface area (Å²) in [5.41, 5.74) is 1.54. The molecule has 4 unspecified atom stereocenters. The van der Waals surface area contributed by atoms with Gasteiger partial charge in [-0.2, -0.15) is 0 Å². The van der Waals surface area contributed by atoms with E-state index in [2.05, 4.69) is 40.2 Å². The van der Waals surface area contributed by atoms with Crippen LogP contribution in [0.5, 0.6) is 0 Å². The number of hydrogen-bond acceptors (Lipinski definition) is 1. The lowest BCUT2D eigenvalue weighted by atomic mass is 9.65. The van der Waals surface area contributed by atoms with Crippen molar-refractivity contribution in [3.8, 4) is 0 Å². The van der Waals surface area contributed by atoms with Crippen LogP contribution in [0, 0.1) is 17.3 Å². The predicted octanol–water partition coefficient (Wildman–Crippen LogP) is 5.10. The summed E-state index contributed by atoms with van der Waals surface area (Å²) in [5.74, 6) is 1.72. The van der Waals surface area contributed by atoms with E-state index in [0.29, 0.717) is 5.41 Å². The Labute approximate surface area is 136 Å². The monoisotopic (exact) mass is 348 g/mol. The fourth-order valence-electron chi connectivity index (χ4n) is 5.79. The Morgan fingerprint density at radius 3 is 2.90 bits per heavy atom. The van der Waals surface area contributed by atoms with Crippen LogP contribution in [0.2, 0.25) is 0 Å². The molecule has 1 aromatic carbocycles. The zero-order chi connectivity index (χ0) is 14.5. The minimum absolute atomic E-state index is 0.328. The van der Waals surface area contributed by atoms with Gasteiger partial charge in [-0.15, -0.1) is 0 Å². The Balaban J connectivity index is 1.52. The second kappa shape index (κ2) is 5.09. The SMILES string of the molecule is OC12CCCC3CC(CCc4cccc(Br)c4)(CC3C1)C2. The van der Waals surface area contributed by atoms with Crippen LogP contribution < -0.4 is 0 Å². The average molecular weight is 349 g/mol. The quantitative estimate of drug-likeness (QED) is 0.805. The fraction of sp³-hybridized carbons (Fsp3) is 0.684. The molecule has 3 fully saturated rings. The third-order valence-electron chi connectivity index (χ3n) is 6.45. The molecule has 21 heavy (non-hydrogen) atoms. The molecule has 0 heterocycles. The highest BCUT2D eigenvalue weighted by Gasteiger charge is 2.55. The number of halogens is 1. The fourth-order valence-corrected chi connectivity index (χ4v) is 6.23. The molecule has 0 saturated heterocycles. The van der Waals surface area contributed by atoms with Gasteiger partial charge in [-0.1, -0.05) is 40.9 Å². The highest BCUT2D eigenvalue weighted by Crippen LogP contribution is 2.62. The van der Waals surface area contributed by atoms with Gasteiger partial charge in [0, 0.05) is 4.47 Å². The molecule has 3 aliphatic carbocycles. The molecule has 0 amide bonds. The third kappa shape index (κ3) is 2.70. The first-order valence-electron chi connectivity index (χ1n) is 8.53. The van der Waals surface area contributed by atoms with Crippen LogP contribution in [0.4, 0.5) is 0 Å². The maximum Gasteiger partial charge on any atom is 0.0655 e. The lowest BCUT2D eigenvalue weighted by molar-refractivity contribution is -0.0556. The Bertz CT molecular complexity index is 542. The lowest BCUT2D eigenvalue weighted by Gasteiger charge is -2.43. The summed E-state index contributed by atoms with van der Waals surface area (Å²) in [5, 5.41) is 11.0. The topological polar surface area (TPSA) is 20.2 Å². The summed E-state index contributed by atoms with van der Waals surface area (Å²) in [7, 11) is 0. The molecule has 0 radical (unpaired) electrons. The molecular formula is C19H25BrO. The summed E-state index contributed by atoms with van der Waals surface area (Å²) in [6.07, 6.45) is 11.0. The van der Waals surface area contributed by atoms with Gasteiger partial charge in [-0.05, 0) is 79.9 Å². The predicted molar refractivity (Wildman–Crippen MR) is 89.1 cm³/mol. The van der Waals surface area contributed by atoms with Crippen molar-refractivity contribution in [1.82, 2.24) is 0 Å². The van der Waals surface area contributed by atoms with Crippen LogP contribution >= 0.6 is 15.9 Å². The highest BCUT2D eigenvalue weighted by atomic mass is 79.9. The van der Waals surface area contributed by atoms with Gasteiger partial charge in [0.05, 0.1) is 5.60 Å². The van der Waals surface area contributed by atoms with Crippen molar-refractivity contribution < 1.29 is 5.11 Å². The minimum atomic E-state index is -0.328. The molecule has 0 aliphatic heterocycles. The van der Waals surface area contributed by atoms with E-state index in [1.165, 1.54) is 42.1 Å². The number of benzene rings is 1. The molecule has 2 heteroatoms. The minimum Gasteiger partial charge on any atom is -0.390 e. The van der Waals surface area contributed by atoms with E-state index in [1.807, 2.05) is 0 Å². The summed E-state index contributed by atoms with van der Waals surface area (Å²) in [6, 6.07) is 8.73. The maximum atomic E-state index is 11.0. The standard InChI is InChI=1S/C19H25BrO/c20-17-5-1-3-14(9-17)6-8-18-10-15-4-2-7-19(21,13-18)12-16(15)11-18/h1,3,5,9,15-16,21H,2,4,6-8,10-13H2. The molecule has 4 rings (SSSR count). The summed E-state index contributed by atoms with van der Waals surface area (Å²) < 4.78 is 1.18.